The fourth-order valence-corrected chi connectivity index (χ4v) is 1.89. The first-order valence-corrected chi connectivity index (χ1v) is 6.01. The number of carboxylic acids is 1. The van der Waals surface area contributed by atoms with Gasteiger partial charge < -0.3 is 16.2 Å². The number of hydrogen-bond donors (Lipinski definition) is 3. The summed E-state index contributed by atoms with van der Waals surface area (Å²) in [6.07, 6.45) is 0. The molecule has 4 N–H and O–H groups in total. The lowest BCUT2D eigenvalue weighted by Gasteiger charge is -2.11. The molecule has 2 aromatic carbocycles. The van der Waals surface area contributed by atoms with Gasteiger partial charge in [-0.25, -0.2) is 4.79 Å². The van der Waals surface area contributed by atoms with Gasteiger partial charge in [-0.05, 0) is 42.8 Å². The largest absolute Gasteiger partial charge is 0.478 e. The summed E-state index contributed by atoms with van der Waals surface area (Å²) in [5, 5.41) is 12.7. The Morgan fingerprint density at radius 2 is 2.00 bits per heavy atom. The molecular weight excluding hydrogens is 264 g/mol. The van der Waals surface area contributed by atoms with E-state index in [0.29, 0.717) is 10.7 Å². The third-order valence-electron chi connectivity index (χ3n) is 2.76. The van der Waals surface area contributed by atoms with E-state index in [9.17, 15) is 4.79 Å². The smallest absolute Gasteiger partial charge is 0.337 e. The molecule has 0 saturated carbocycles. The van der Waals surface area contributed by atoms with Crippen LogP contribution in [-0.2, 0) is 0 Å². The first-order chi connectivity index (χ1) is 8.97. The summed E-state index contributed by atoms with van der Waals surface area (Å²) in [5.74, 6) is -1.04. The predicted octanol–water partition coefficient (Wildman–Crippen LogP) is 3.67. The molecule has 0 heterocycles. The van der Waals surface area contributed by atoms with Crippen molar-refractivity contribution < 1.29 is 9.90 Å². The number of carbonyl (C=O) groups is 1. The number of nitrogens with one attached hydrogen (secondary N) is 1. The topological polar surface area (TPSA) is 75.3 Å². The van der Waals surface area contributed by atoms with E-state index in [2.05, 4.69) is 5.32 Å². The first kappa shape index (κ1) is 13.2. The molecule has 0 fully saturated rings. The Balaban J connectivity index is 2.31. The molecule has 0 aliphatic carbocycles. The monoisotopic (exact) mass is 276 g/mol. The summed E-state index contributed by atoms with van der Waals surface area (Å²) in [5.41, 5.74) is 8.61. The number of carboxylic acid groups (broad SMARTS) is 1. The second kappa shape index (κ2) is 5.20. The van der Waals surface area contributed by atoms with Crippen LogP contribution in [0.2, 0.25) is 5.02 Å². The molecule has 0 aromatic heterocycles. The number of benzene rings is 2. The molecule has 4 nitrogen and oxygen atoms in total. The van der Waals surface area contributed by atoms with E-state index in [1.165, 1.54) is 6.07 Å². The lowest BCUT2D eigenvalue weighted by atomic mass is 10.1. The minimum atomic E-state index is -1.04. The van der Waals surface area contributed by atoms with E-state index in [0.717, 1.165) is 11.3 Å². The highest BCUT2D eigenvalue weighted by molar-refractivity contribution is 6.30. The fraction of sp³-hybridized carbons (Fsp3) is 0.0714. The third kappa shape index (κ3) is 2.98. The third-order valence-corrected chi connectivity index (χ3v) is 3.00. The second-order valence-corrected chi connectivity index (χ2v) is 4.63. The molecule has 2 rings (SSSR count). The van der Waals surface area contributed by atoms with Crippen LogP contribution in [0.5, 0.6) is 0 Å². The molecule has 19 heavy (non-hydrogen) atoms. The summed E-state index contributed by atoms with van der Waals surface area (Å²) in [6, 6.07) is 10.2. The Morgan fingerprint density at radius 3 is 2.63 bits per heavy atom. The number of halogens is 1. The van der Waals surface area contributed by atoms with Crippen molar-refractivity contribution >= 4 is 34.6 Å². The molecule has 0 radical (unpaired) electrons. The number of nitrogens with two attached hydrogens (primary N) is 1. The van der Waals surface area contributed by atoms with E-state index >= 15 is 0 Å². The standard InChI is InChI=1S/C14H13ClN2O2/c1-8-2-3-9(15)6-13(8)17-10-4-5-11(14(18)19)12(16)7-10/h2-7,17H,16H2,1H3,(H,18,19). The van der Waals surface area contributed by atoms with Crippen molar-refractivity contribution in [2.24, 2.45) is 0 Å². The quantitative estimate of drug-likeness (QED) is 0.748. The Morgan fingerprint density at radius 1 is 1.26 bits per heavy atom. The van der Waals surface area contributed by atoms with Crippen molar-refractivity contribution in [1.29, 1.82) is 0 Å². The van der Waals surface area contributed by atoms with Crippen LogP contribution in [0.15, 0.2) is 36.4 Å². The zero-order valence-electron chi connectivity index (χ0n) is 10.3. The number of anilines is 3. The van der Waals surface area contributed by atoms with Crippen molar-refractivity contribution in [2.45, 2.75) is 6.92 Å². The lowest BCUT2D eigenvalue weighted by molar-refractivity contribution is 0.0698. The van der Waals surface area contributed by atoms with E-state index < -0.39 is 5.97 Å². The molecule has 0 saturated heterocycles. The molecule has 0 spiro atoms. The number of hydrogen-bond acceptors (Lipinski definition) is 3. The van der Waals surface area contributed by atoms with Crippen LogP contribution in [0.3, 0.4) is 0 Å². The highest BCUT2D eigenvalue weighted by atomic mass is 35.5. The lowest BCUT2D eigenvalue weighted by Crippen LogP contribution is -2.03. The van der Waals surface area contributed by atoms with Crippen LogP contribution in [0.4, 0.5) is 17.1 Å². The molecule has 0 atom stereocenters. The SMILES string of the molecule is Cc1ccc(Cl)cc1Nc1ccc(C(=O)O)c(N)c1. The van der Waals surface area contributed by atoms with Crippen molar-refractivity contribution in [3.8, 4) is 0 Å². The Bertz CT molecular complexity index is 641. The summed E-state index contributed by atoms with van der Waals surface area (Å²) in [4.78, 5) is 10.9. The summed E-state index contributed by atoms with van der Waals surface area (Å²) in [6.45, 7) is 1.95. The van der Waals surface area contributed by atoms with Crippen molar-refractivity contribution in [2.75, 3.05) is 11.1 Å². The van der Waals surface area contributed by atoms with Gasteiger partial charge in [-0.1, -0.05) is 17.7 Å². The molecule has 0 amide bonds. The van der Waals surface area contributed by atoms with Gasteiger partial charge in [-0.2, -0.15) is 0 Å². The highest BCUT2D eigenvalue weighted by Crippen LogP contribution is 2.26. The zero-order valence-corrected chi connectivity index (χ0v) is 11.0. The van der Waals surface area contributed by atoms with E-state index in [1.807, 2.05) is 19.1 Å². The van der Waals surface area contributed by atoms with Gasteiger partial charge in [0.05, 0.1) is 5.56 Å². The molecule has 98 valence electrons. The fourth-order valence-electron chi connectivity index (χ4n) is 1.72. The normalized spacial score (nSPS) is 10.2. The van der Waals surface area contributed by atoms with E-state index in [1.54, 1.807) is 18.2 Å². The molecule has 0 unspecified atom stereocenters. The highest BCUT2D eigenvalue weighted by Gasteiger charge is 2.08. The maximum absolute atomic E-state index is 10.9. The van der Waals surface area contributed by atoms with Gasteiger partial charge >= 0.3 is 5.97 Å². The van der Waals surface area contributed by atoms with Gasteiger partial charge in [0.15, 0.2) is 0 Å². The van der Waals surface area contributed by atoms with Crippen LogP contribution in [0.25, 0.3) is 0 Å². The molecule has 0 bridgehead atoms. The zero-order chi connectivity index (χ0) is 14.0. The van der Waals surface area contributed by atoms with Crippen LogP contribution in [0, 0.1) is 6.92 Å². The van der Waals surface area contributed by atoms with Crippen LogP contribution >= 0.6 is 11.6 Å². The number of aryl methyl sites for hydroxylation is 1. The van der Waals surface area contributed by atoms with E-state index in [4.69, 9.17) is 22.4 Å². The first-order valence-electron chi connectivity index (χ1n) is 5.63. The average Bonchev–Trinajstić information content (AvgIpc) is 2.33. The second-order valence-electron chi connectivity index (χ2n) is 4.19. The van der Waals surface area contributed by atoms with Crippen LogP contribution in [0.1, 0.15) is 15.9 Å². The van der Waals surface area contributed by atoms with Gasteiger partial charge in [-0.3, -0.25) is 0 Å². The Kier molecular flexibility index (Phi) is 3.62. The van der Waals surface area contributed by atoms with Gasteiger partial charge in [0.2, 0.25) is 0 Å². The number of aromatic carboxylic acids is 1. The molecular formula is C14H13ClN2O2. The van der Waals surface area contributed by atoms with Crippen molar-refractivity contribution in [3.05, 3.63) is 52.5 Å². The molecule has 0 aliphatic heterocycles. The van der Waals surface area contributed by atoms with Gasteiger partial charge in [-0.15, -0.1) is 0 Å². The minimum absolute atomic E-state index is 0.0911. The minimum Gasteiger partial charge on any atom is -0.478 e. The molecule has 2 aromatic rings. The average molecular weight is 277 g/mol. The predicted molar refractivity (Wildman–Crippen MR) is 77.3 cm³/mol. The van der Waals surface area contributed by atoms with Gasteiger partial charge in [0.1, 0.15) is 0 Å². The van der Waals surface area contributed by atoms with Crippen LogP contribution < -0.4 is 11.1 Å². The van der Waals surface area contributed by atoms with Gasteiger partial charge in [0, 0.05) is 22.1 Å². The van der Waals surface area contributed by atoms with Gasteiger partial charge in [0.25, 0.3) is 0 Å². The maximum Gasteiger partial charge on any atom is 0.337 e. The molecule has 5 heteroatoms. The molecule has 0 aliphatic rings. The Labute approximate surface area is 115 Å². The summed E-state index contributed by atoms with van der Waals surface area (Å²) in [7, 11) is 0. The number of rotatable bonds is 3. The number of nitrogen functional groups attached to an aromatic ring is 1. The summed E-state index contributed by atoms with van der Waals surface area (Å²) < 4.78 is 0. The Hall–Kier alpha value is -2.20. The van der Waals surface area contributed by atoms with Crippen molar-refractivity contribution in [1.82, 2.24) is 0 Å². The van der Waals surface area contributed by atoms with Crippen molar-refractivity contribution in [3.63, 3.8) is 0 Å². The summed E-state index contributed by atoms with van der Waals surface area (Å²) >= 11 is 5.94. The maximum atomic E-state index is 10.9. The van der Waals surface area contributed by atoms with E-state index in [-0.39, 0.29) is 11.3 Å². The van der Waals surface area contributed by atoms with Crippen LogP contribution in [-0.4, -0.2) is 11.1 Å².